The minimum atomic E-state index is -0.467. The summed E-state index contributed by atoms with van der Waals surface area (Å²) in [7, 11) is 1.60. The van der Waals surface area contributed by atoms with Gasteiger partial charge in [-0.1, -0.05) is 12.1 Å². The summed E-state index contributed by atoms with van der Waals surface area (Å²) in [6.45, 7) is 1.50. The third-order valence-corrected chi connectivity index (χ3v) is 2.66. The highest BCUT2D eigenvalue weighted by Gasteiger charge is 2.14. The molecule has 2 rings (SSSR count). The molecule has 0 aliphatic rings. The van der Waals surface area contributed by atoms with Crippen LogP contribution in [0.5, 0.6) is 0 Å². The van der Waals surface area contributed by atoms with Crippen molar-refractivity contribution in [3.63, 3.8) is 0 Å². The second-order valence-electron chi connectivity index (χ2n) is 3.99. The van der Waals surface area contributed by atoms with E-state index in [1.165, 1.54) is 19.1 Å². The van der Waals surface area contributed by atoms with Gasteiger partial charge in [-0.05, 0) is 19.1 Å². The van der Waals surface area contributed by atoms with Crippen LogP contribution in [0, 0.1) is 11.2 Å². The van der Waals surface area contributed by atoms with Crippen molar-refractivity contribution in [2.24, 2.45) is 0 Å². The number of nitrogens with one attached hydrogen (secondary N) is 3. The molecule has 2 aromatic rings. The number of H-pyrrole nitrogens is 1. The van der Waals surface area contributed by atoms with Crippen LogP contribution in [-0.2, 0) is 0 Å². The Morgan fingerprint density at radius 1 is 1.42 bits per heavy atom. The van der Waals surface area contributed by atoms with E-state index in [0.717, 1.165) is 0 Å². The smallest absolute Gasteiger partial charge is 0.262 e. The zero-order valence-corrected chi connectivity index (χ0v) is 10.5. The number of aromatic amines is 1. The first-order valence-corrected chi connectivity index (χ1v) is 5.67. The van der Waals surface area contributed by atoms with Gasteiger partial charge in [0.15, 0.2) is 0 Å². The Morgan fingerprint density at radius 2 is 2.11 bits per heavy atom. The van der Waals surface area contributed by atoms with Crippen LogP contribution in [0.15, 0.2) is 29.1 Å². The minimum absolute atomic E-state index is 0.0955. The molecule has 0 fully saturated rings. The quantitative estimate of drug-likeness (QED) is 0.738. The van der Waals surface area contributed by atoms with Crippen molar-refractivity contribution in [2.75, 3.05) is 12.4 Å². The Labute approximate surface area is 109 Å². The molecule has 0 aliphatic carbocycles. The Balaban J connectivity index is 2.69. The van der Waals surface area contributed by atoms with E-state index in [1.54, 1.807) is 19.2 Å². The topological polar surface area (TPSA) is 81.6 Å². The van der Waals surface area contributed by atoms with Gasteiger partial charge in [0.05, 0.1) is 5.56 Å². The second kappa shape index (κ2) is 5.01. The maximum Gasteiger partial charge on any atom is 0.262 e. The van der Waals surface area contributed by atoms with E-state index in [9.17, 15) is 9.18 Å². The van der Waals surface area contributed by atoms with Crippen molar-refractivity contribution in [2.45, 2.75) is 6.92 Å². The lowest BCUT2D eigenvalue weighted by Gasteiger charge is -2.09. The van der Waals surface area contributed by atoms with Crippen molar-refractivity contribution < 1.29 is 4.39 Å². The van der Waals surface area contributed by atoms with Crippen LogP contribution in [0.25, 0.3) is 11.4 Å². The molecule has 1 aromatic heterocycles. The molecular weight excluding hydrogens is 247 g/mol. The Morgan fingerprint density at radius 3 is 2.68 bits per heavy atom. The van der Waals surface area contributed by atoms with Gasteiger partial charge >= 0.3 is 0 Å². The lowest BCUT2D eigenvalue weighted by Crippen LogP contribution is -2.21. The number of aromatic nitrogens is 2. The van der Waals surface area contributed by atoms with Crippen molar-refractivity contribution in [3.05, 3.63) is 46.0 Å². The highest BCUT2D eigenvalue weighted by Crippen LogP contribution is 2.20. The van der Waals surface area contributed by atoms with E-state index >= 15 is 0 Å². The number of benzene rings is 1. The van der Waals surface area contributed by atoms with Crippen LogP contribution >= 0.6 is 0 Å². The van der Waals surface area contributed by atoms with Gasteiger partial charge in [0.25, 0.3) is 5.56 Å². The SMILES string of the molecule is CNc1nc(-c2ccccc2F)[nH]c(=O)c1C(C)=N. The standard InChI is InChI=1S/C13H13FN4O/c1-7(15)10-12(16-2)17-11(18-13(10)19)8-5-3-4-6-9(8)14/h3-6,15H,1-2H3,(H2,16,17,18,19). The molecule has 0 spiro atoms. The maximum atomic E-state index is 13.7. The van der Waals surface area contributed by atoms with Crippen molar-refractivity contribution >= 4 is 11.5 Å². The number of anilines is 1. The number of hydrogen-bond acceptors (Lipinski definition) is 4. The molecule has 3 N–H and O–H groups in total. The average Bonchev–Trinajstić information content (AvgIpc) is 2.37. The van der Waals surface area contributed by atoms with Crippen LogP contribution in [0.3, 0.4) is 0 Å². The van der Waals surface area contributed by atoms with Gasteiger partial charge in [-0.15, -0.1) is 0 Å². The molecule has 0 atom stereocenters. The minimum Gasteiger partial charge on any atom is -0.372 e. The molecule has 0 radical (unpaired) electrons. The summed E-state index contributed by atoms with van der Waals surface area (Å²) in [5.41, 5.74) is -0.00356. The second-order valence-corrected chi connectivity index (χ2v) is 3.99. The molecule has 98 valence electrons. The van der Waals surface area contributed by atoms with E-state index in [4.69, 9.17) is 5.41 Å². The first kappa shape index (κ1) is 12.9. The molecular formula is C13H13FN4O. The van der Waals surface area contributed by atoms with E-state index in [2.05, 4.69) is 15.3 Å². The first-order chi connectivity index (χ1) is 9.04. The third-order valence-electron chi connectivity index (χ3n) is 2.66. The lowest BCUT2D eigenvalue weighted by atomic mass is 10.1. The molecule has 5 nitrogen and oxygen atoms in total. The van der Waals surface area contributed by atoms with E-state index in [0.29, 0.717) is 0 Å². The Hall–Kier alpha value is -2.50. The number of halogens is 1. The monoisotopic (exact) mass is 260 g/mol. The summed E-state index contributed by atoms with van der Waals surface area (Å²) >= 11 is 0. The van der Waals surface area contributed by atoms with Gasteiger partial charge in [-0.2, -0.15) is 0 Å². The zero-order chi connectivity index (χ0) is 14.0. The molecule has 0 aliphatic heterocycles. The fourth-order valence-electron chi connectivity index (χ4n) is 1.78. The van der Waals surface area contributed by atoms with Crippen molar-refractivity contribution in [3.8, 4) is 11.4 Å². The number of nitrogens with zero attached hydrogens (tertiary/aromatic N) is 1. The third kappa shape index (κ3) is 2.37. The summed E-state index contributed by atoms with van der Waals surface area (Å²) in [5.74, 6) is -0.0704. The molecule has 6 heteroatoms. The van der Waals surface area contributed by atoms with Gasteiger partial charge in [0.1, 0.15) is 23.0 Å². The van der Waals surface area contributed by atoms with Crippen LogP contribution in [0.1, 0.15) is 12.5 Å². The fraction of sp³-hybridized carbons (Fsp3) is 0.154. The predicted molar refractivity (Wildman–Crippen MR) is 72.3 cm³/mol. The highest BCUT2D eigenvalue weighted by molar-refractivity contribution is 6.00. The Kier molecular flexibility index (Phi) is 3.41. The molecule has 1 heterocycles. The largest absolute Gasteiger partial charge is 0.372 e. The average molecular weight is 260 g/mol. The Bertz CT molecular complexity index is 693. The van der Waals surface area contributed by atoms with Gasteiger partial charge in [0.2, 0.25) is 0 Å². The van der Waals surface area contributed by atoms with Gasteiger partial charge in [0, 0.05) is 12.8 Å². The summed E-state index contributed by atoms with van der Waals surface area (Å²) in [5, 5.41) is 10.3. The highest BCUT2D eigenvalue weighted by atomic mass is 19.1. The molecule has 0 bridgehead atoms. The van der Waals surface area contributed by atoms with Crippen LogP contribution in [0.4, 0.5) is 10.2 Å². The molecule has 1 aromatic carbocycles. The predicted octanol–water partition coefficient (Wildman–Crippen LogP) is 2.01. The number of hydrogen-bond donors (Lipinski definition) is 3. The summed E-state index contributed by atoms with van der Waals surface area (Å²) in [4.78, 5) is 18.6. The molecule has 0 amide bonds. The van der Waals surface area contributed by atoms with Gasteiger partial charge in [-0.25, -0.2) is 9.37 Å². The van der Waals surface area contributed by atoms with Crippen LogP contribution < -0.4 is 10.9 Å². The normalized spacial score (nSPS) is 10.3. The van der Waals surface area contributed by atoms with Gasteiger partial charge < -0.3 is 15.7 Å². The van der Waals surface area contributed by atoms with E-state index in [1.807, 2.05) is 0 Å². The van der Waals surface area contributed by atoms with Crippen molar-refractivity contribution in [1.29, 1.82) is 5.41 Å². The first-order valence-electron chi connectivity index (χ1n) is 5.67. The molecule has 19 heavy (non-hydrogen) atoms. The summed E-state index contributed by atoms with van der Waals surface area (Å²) < 4.78 is 13.7. The van der Waals surface area contributed by atoms with Gasteiger partial charge in [-0.3, -0.25) is 4.79 Å². The summed E-state index contributed by atoms with van der Waals surface area (Å²) in [6, 6.07) is 6.05. The van der Waals surface area contributed by atoms with Crippen LogP contribution in [0.2, 0.25) is 0 Å². The molecule has 0 saturated heterocycles. The van der Waals surface area contributed by atoms with Crippen molar-refractivity contribution in [1.82, 2.24) is 9.97 Å². The fourth-order valence-corrected chi connectivity index (χ4v) is 1.78. The number of rotatable bonds is 3. The van der Waals surface area contributed by atoms with Crippen LogP contribution in [-0.4, -0.2) is 22.7 Å². The molecule has 0 unspecified atom stereocenters. The summed E-state index contributed by atoms with van der Waals surface area (Å²) in [6.07, 6.45) is 0. The van der Waals surface area contributed by atoms with E-state index in [-0.39, 0.29) is 28.5 Å². The van der Waals surface area contributed by atoms with E-state index < -0.39 is 11.4 Å². The maximum absolute atomic E-state index is 13.7. The molecule has 0 saturated carbocycles. The lowest BCUT2D eigenvalue weighted by molar-refractivity contribution is 0.630. The zero-order valence-electron chi connectivity index (χ0n) is 10.5.